The van der Waals surface area contributed by atoms with Crippen LogP contribution >= 0.6 is 0 Å². The fraction of sp³-hybridized carbons (Fsp3) is 0.900. The summed E-state index contributed by atoms with van der Waals surface area (Å²) in [4.78, 5) is 11.0. The molecular weight excluding hydrogens is 207 g/mol. The fourth-order valence-electron chi connectivity index (χ4n) is 1.88. The Morgan fingerprint density at radius 3 is 2.13 bits per heavy atom. The molecule has 1 fully saturated rings. The highest BCUT2D eigenvalue weighted by atomic mass is 19.4. The van der Waals surface area contributed by atoms with Gasteiger partial charge in [-0.25, -0.2) is 0 Å². The molecule has 1 amide bonds. The molecule has 0 spiro atoms. The average molecular weight is 223 g/mol. The van der Waals surface area contributed by atoms with Crippen LogP contribution in [0.25, 0.3) is 0 Å². The van der Waals surface area contributed by atoms with Crippen LogP contribution in [0, 0.1) is 0 Å². The molecule has 15 heavy (non-hydrogen) atoms. The van der Waals surface area contributed by atoms with Gasteiger partial charge in [0.25, 0.3) is 0 Å². The van der Waals surface area contributed by atoms with E-state index >= 15 is 0 Å². The van der Waals surface area contributed by atoms with Gasteiger partial charge in [-0.15, -0.1) is 0 Å². The van der Waals surface area contributed by atoms with Gasteiger partial charge < -0.3 is 5.32 Å². The van der Waals surface area contributed by atoms with Crippen molar-refractivity contribution >= 4 is 5.91 Å². The zero-order valence-electron chi connectivity index (χ0n) is 8.57. The summed E-state index contributed by atoms with van der Waals surface area (Å²) in [5.74, 6) is -0.894. The molecule has 0 heterocycles. The Morgan fingerprint density at radius 2 is 1.67 bits per heavy atom. The lowest BCUT2D eigenvalue weighted by Crippen LogP contribution is -2.36. The first-order valence-electron chi connectivity index (χ1n) is 5.33. The summed E-state index contributed by atoms with van der Waals surface area (Å²) in [5.41, 5.74) is 0. The zero-order valence-corrected chi connectivity index (χ0v) is 8.57. The van der Waals surface area contributed by atoms with Crippen molar-refractivity contribution in [2.75, 3.05) is 0 Å². The van der Waals surface area contributed by atoms with Crippen LogP contribution in [0.15, 0.2) is 0 Å². The first kappa shape index (κ1) is 12.3. The Hall–Kier alpha value is -0.740. The number of hydrogen-bond acceptors (Lipinski definition) is 1. The largest absolute Gasteiger partial charge is 0.397 e. The van der Waals surface area contributed by atoms with Gasteiger partial charge in [-0.05, 0) is 12.8 Å². The molecule has 1 saturated carbocycles. The summed E-state index contributed by atoms with van der Waals surface area (Å²) in [6, 6.07) is -0.0534. The quantitative estimate of drug-likeness (QED) is 0.716. The Kier molecular flexibility index (Phi) is 4.42. The smallest absolute Gasteiger partial charge is 0.353 e. The maximum atomic E-state index is 11.9. The van der Waals surface area contributed by atoms with Gasteiger partial charge in [-0.2, -0.15) is 13.2 Å². The Bertz CT molecular complexity index is 207. The minimum absolute atomic E-state index is 0.0534. The molecule has 0 saturated heterocycles. The Morgan fingerprint density at radius 1 is 1.13 bits per heavy atom. The van der Waals surface area contributed by atoms with E-state index in [1.165, 1.54) is 0 Å². The van der Waals surface area contributed by atoms with Gasteiger partial charge in [0.15, 0.2) is 0 Å². The maximum absolute atomic E-state index is 11.9. The van der Waals surface area contributed by atoms with Crippen LogP contribution in [0.5, 0.6) is 0 Å². The predicted octanol–water partition coefficient (Wildman–Crippen LogP) is 2.78. The summed E-state index contributed by atoms with van der Waals surface area (Å²) < 4.78 is 35.6. The number of amides is 1. The number of carbonyl (C=O) groups is 1. The van der Waals surface area contributed by atoms with E-state index in [1.54, 1.807) is 0 Å². The summed E-state index contributed by atoms with van der Waals surface area (Å²) in [7, 11) is 0. The molecule has 0 bridgehead atoms. The Labute approximate surface area is 87.2 Å². The van der Waals surface area contributed by atoms with Gasteiger partial charge >= 0.3 is 6.18 Å². The highest BCUT2D eigenvalue weighted by Gasteiger charge is 2.31. The third kappa shape index (κ3) is 5.64. The van der Waals surface area contributed by atoms with Crippen LogP contribution in [0.4, 0.5) is 13.2 Å². The van der Waals surface area contributed by atoms with E-state index in [-0.39, 0.29) is 6.04 Å². The number of carbonyl (C=O) groups excluding carboxylic acids is 1. The number of rotatable bonds is 2. The highest BCUT2D eigenvalue weighted by Crippen LogP contribution is 2.21. The van der Waals surface area contributed by atoms with Crippen molar-refractivity contribution in [3.8, 4) is 0 Å². The van der Waals surface area contributed by atoms with Crippen molar-refractivity contribution < 1.29 is 18.0 Å². The van der Waals surface area contributed by atoms with Crippen molar-refractivity contribution in [3.05, 3.63) is 0 Å². The lowest BCUT2D eigenvalue weighted by Gasteiger charge is -2.16. The maximum Gasteiger partial charge on any atom is 0.397 e. The molecule has 2 nitrogen and oxygen atoms in total. The molecule has 0 aromatic heterocycles. The van der Waals surface area contributed by atoms with Gasteiger partial charge in [0, 0.05) is 6.04 Å². The van der Waals surface area contributed by atoms with Crippen molar-refractivity contribution in [1.29, 1.82) is 0 Å². The van der Waals surface area contributed by atoms with Crippen LogP contribution in [-0.2, 0) is 4.79 Å². The van der Waals surface area contributed by atoms with E-state index in [1.807, 2.05) is 0 Å². The third-order valence-electron chi connectivity index (χ3n) is 2.58. The molecular formula is C10H16F3NO. The lowest BCUT2D eigenvalue weighted by molar-refractivity contribution is -0.154. The molecule has 0 aliphatic heterocycles. The van der Waals surface area contributed by atoms with Crippen molar-refractivity contribution in [3.63, 3.8) is 0 Å². The molecule has 0 unspecified atom stereocenters. The molecule has 5 heteroatoms. The molecule has 1 aliphatic carbocycles. The lowest BCUT2D eigenvalue weighted by atomic mass is 10.1. The van der Waals surface area contributed by atoms with Gasteiger partial charge in [-0.1, -0.05) is 25.7 Å². The van der Waals surface area contributed by atoms with Gasteiger partial charge in [0.1, 0.15) is 6.42 Å². The Balaban J connectivity index is 2.30. The van der Waals surface area contributed by atoms with Crippen LogP contribution in [0.2, 0.25) is 0 Å². The first-order valence-corrected chi connectivity index (χ1v) is 5.33. The second kappa shape index (κ2) is 5.37. The van der Waals surface area contributed by atoms with E-state index < -0.39 is 18.5 Å². The minimum Gasteiger partial charge on any atom is -0.353 e. The van der Waals surface area contributed by atoms with E-state index in [2.05, 4.69) is 5.32 Å². The van der Waals surface area contributed by atoms with Crippen molar-refractivity contribution in [2.24, 2.45) is 0 Å². The average Bonchev–Trinajstić information content (AvgIpc) is 2.28. The summed E-state index contributed by atoms with van der Waals surface area (Å²) in [5, 5.41) is 2.46. The molecule has 0 aromatic rings. The second-order valence-corrected chi connectivity index (χ2v) is 4.05. The van der Waals surface area contributed by atoms with E-state index in [0.717, 1.165) is 38.5 Å². The van der Waals surface area contributed by atoms with Crippen molar-refractivity contribution in [2.45, 2.75) is 57.2 Å². The van der Waals surface area contributed by atoms with Crippen LogP contribution in [0.1, 0.15) is 44.9 Å². The number of alkyl halides is 3. The molecule has 1 rings (SSSR count). The highest BCUT2D eigenvalue weighted by molar-refractivity contribution is 5.76. The monoisotopic (exact) mass is 223 g/mol. The minimum atomic E-state index is -4.39. The van der Waals surface area contributed by atoms with Crippen molar-refractivity contribution in [1.82, 2.24) is 5.32 Å². The summed E-state index contributed by atoms with van der Waals surface area (Å²) in [6.07, 6.45) is 0.0940. The van der Waals surface area contributed by atoms with Crippen LogP contribution in [0.3, 0.4) is 0 Å². The standard InChI is InChI=1S/C10H16F3NO/c11-10(12,13)7-9(15)14-8-5-3-1-2-4-6-8/h8H,1-7H2,(H,14,15). The fourth-order valence-corrected chi connectivity index (χ4v) is 1.88. The topological polar surface area (TPSA) is 29.1 Å². The van der Waals surface area contributed by atoms with Crippen LogP contribution < -0.4 is 5.32 Å². The third-order valence-corrected chi connectivity index (χ3v) is 2.58. The van der Waals surface area contributed by atoms with E-state index in [0.29, 0.717) is 0 Å². The number of hydrogen-bond donors (Lipinski definition) is 1. The first-order chi connectivity index (χ1) is 6.97. The molecule has 1 aliphatic rings. The predicted molar refractivity (Wildman–Crippen MR) is 50.3 cm³/mol. The van der Waals surface area contributed by atoms with Gasteiger partial charge in [0.2, 0.25) is 5.91 Å². The normalized spacial score (nSPS) is 19.7. The summed E-state index contributed by atoms with van der Waals surface area (Å²) >= 11 is 0. The SMILES string of the molecule is O=C(CC(F)(F)F)NC1CCCCCC1. The summed E-state index contributed by atoms with van der Waals surface area (Å²) in [6.45, 7) is 0. The molecule has 88 valence electrons. The van der Waals surface area contributed by atoms with Gasteiger partial charge in [-0.3, -0.25) is 4.79 Å². The molecule has 0 radical (unpaired) electrons. The van der Waals surface area contributed by atoms with Crippen LogP contribution in [-0.4, -0.2) is 18.1 Å². The van der Waals surface area contributed by atoms with Gasteiger partial charge in [0.05, 0.1) is 0 Å². The van der Waals surface area contributed by atoms with E-state index in [4.69, 9.17) is 0 Å². The molecule has 1 N–H and O–H groups in total. The number of halogens is 3. The second-order valence-electron chi connectivity index (χ2n) is 4.05. The number of nitrogens with one attached hydrogen (secondary N) is 1. The zero-order chi connectivity index (χ0) is 11.3. The van der Waals surface area contributed by atoms with E-state index in [9.17, 15) is 18.0 Å². The molecule has 0 atom stereocenters. The molecule has 0 aromatic carbocycles.